The Hall–Kier alpha value is -1.33. The summed E-state index contributed by atoms with van der Waals surface area (Å²) in [5, 5.41) is 7.49. The molecule has 1 saturated heterocycles. The first kappa shape index (κ1) is 14.6. The molecule has 1 unspecified atom stereocenters. The molecule has 1 aliphatic rings. The van der Waals surface area contributed by atoms with Crippen molar-refractivity contribution in [2.75, 3.05) is 12.3 Å². The summed E-state index contributed by atoms with van der Waals surface area (Å²) in [6.07, 6.45) is 3.33. The van der Waals surface area contributed by atoms with E-state index in [1.165, 1.54) is 24.2 Å². The van der Waals surface area contributed by atoms with Crippen molar-refractivity contribution >= 4 is 11.8 Å². The minimum Gasteiger partial charge on any atom is -0.338 e. The van der Waals surface area contributed by atoms with Crippen LogP contribution < -0.4 is 5.32 Å². The first-order valence-corrected chi connectivity index (χ1v) is 8.42. The minimum absolute atomic E-state index is 0.368. The van der Waals surface area contributed by atoms with Gasteiger partial charge in [0.2, 0.25) is 5.89 Å². The molecule has 0 amide bonds. The van der Waals surface area contributed by atoms with E-state index < -0.39 is 0 Å². The van der Waals surface area contributed by atoms with Crippen molar-refractivity contribution < 1.29 is 4.52 Å². The summed E-state index contributed by atoms with van der Waals surface area (Å²) < 4.78 is 5.67. The van der Waals surface area contributed by atoms with Crippen molar-refractivity contribution in [2.45, 2.75) is 37.5 Å². The Morgan fingerprint density at radius 2 is 2.19 bits per heavy atom. The fraction of sp³-hybridized carbons (Fsp3) is 0.500. The van der Waals surface area contributed by atoms with Gasteiger partial charge in [0.05, 0.1) is 6.54 Å². The first-order valence-electron chi connectivity index (χ1n) is 7.44. The number of benzene rings is 1. The number of thioether (sulfide) groups is 1. The Kier molecular flexibility index (Phi) is 4.60. The highest BCUT2D eigenvalue weighted by atomic mass is 32.2. The maximum absolute atomic E-state index is 5.30. The second-order valence-corrected chi connectivity index (χ2v) is 7.45. The third-order valence-electron chi connectivity index (χ3n) is 3.79. The van der Waals surface area contributed by atoms with Crippen LogP contribution in [0, 0.1) is 0 Å². The van der Waals surface area contributed by atoms with Crippen LogP contribution in [0.2, 0.25) is 0 Å². The van der Waals surface area contributed by atoms with Crippen LogP contribution in [-0.2, 0) is 13.0 Å². The monoisotopic (exact) mass is 303 g/mol. The molecule has 2 heterocycles. The average Bonchev–Trinajstić information content (AvgIpc) is 3.10. The van der Waals surface area contributed by atoms with E-state index in [-0.39, 0.29) is 0 Å². The third kappa shape index (κ3) is 4.08. The van der Waals surface area contributed by atoms with Gasteiger partial charge in [0.15, 0.2) is 5.82 Å². The molecule has 5 heteroatoms. The third-order valence-corrected chi connectivity index (χ3v) is 5.33. The molecule has 0 bridgehead atoms. The lowest BCUT2D eigenvalue weighted by atomic mass is 10.1. The van der Waals surface area contributed by atoms with Gasteiger partial charge >= 0.3 is 0 Å². The summed E-state index contributed by atoms with van der Waals surface area (Å²) in [4.78, 5) is 4.45. The van der Waals surface area contributed by atoms with Gasteiger partial charge in [0.25, 0.3) is 0 Å². The van der Waals surface area contributed by atoms with Crippen molar-refractivity contribution in [1.82, 2.24) is 15.5 Å². The molecular formula is C16H21N3OS. The van der Waals surface area contributed by atoms with Gasteiger partial charge in [-0.2, -0.15) is 16.7 Å². The highest BCUT2D eigenvalue weighted by Crippen LogP contribution is 2.36. The normalized spacial score (nSPS) is 21.8. The highest BCUT2D eigenvalue weighted by molar-refractivity contribution is 8.00. The number of hydrogen-bond donors (Lipinski definition) is 1. The van der Waals surface area contributed by atoms with Gasteiger partial charge in [-0.3, -0.25) is 0 Å². The molecule has 0 saturated carbocycles. The van der Waals surface area contributed by atoms with Crippen molar-refractivity contribution in [3.63, 3.8) is 0 Å². The number of nitrogens with one attached hydrogen (secondary N) is 1. The maximum atomic E-state index is 5.30. The zero-order valence-electron chi connectivity index (χ0n) is 12.3. The van der Waals surface area contributed by atoms with Crippen LogP contribution in [-0.4, -0.2) is 27.2 Å². The zero-order valence-corrected chi connectivity index (χ0v) is 13.2. The molecule has 21 heavy (non-hydrogen) atoms. The largest absolute Gasteiger partial charge is 0.338 e. The van der Waals surface area contributed by atoms with Crippen LogP contribution in [0.15, 0.2) is 34.9 Å². The maximum Gasteiger partial charge on any atom is 0.240 e. The Bertz CT molecular complexity index is 564. The van der Waals surface area contributed by atoms with E-state index in [1.807, 2.05) is 18.2 Å². The zero-order chi connectivity index (χ0) is 14.5. The number of aromatic nitrogens is 2. The molecule has 2 aromatic rings. The van der Waals surface area contributed by atoms with Gasteiger partial charge in [0, 0.05) is 17.7 Å². The Morgan fingerprint density at radius 1 is 1.33 bits per heavy atom. The standard InChI is InChI=1S/C16H21N3OS/c1-16(8-5-9-21-16)12-17-11-15-18-14(19-20-15)10-13-6-3-2-4-7-13/h2-4,6-7,17H,5,8-12H2,1H3. The second kappa shape index (κ2) is 6.62. The Labute approximate surface area is 129 Å². The van der Waals surface area contributed by atoms with Crippen molar-refractivity contribution in [3.8, 4) is 0 Å². The molecule has 112 valence electrons. The average molecular weight is 303 g/mol. The van der Waals surface area contributed by atoms with Crippen molar-refractivity contribution in [1.29, 1.82) is 0 Å². The van der Waals surface area contributed by atoms with Gasteiger partial charge in [-0.15, -0.1) is 0 Å². The molecule has 1 aliphatic heterocycles. The second-order valence-electron chi connectivity index (χ2n) is 5.77. The van der Waals surface area contributed by atoms with E-state index >= 15 is 0 Å². The highest BCUT2D eigenvalue weighted by Gasteiger charge is 2.28. The molecule has 0 radical (unpaired) electrons. The summed E-state index contributed by atoms with van der Waals surface area (Å²) >= 11 is 2.06. The molecular weight excluding hydrogens is 282 g/mol. The number of nitrogens with zero attached hydrogens (tertiary/aromatic N) is 2. The smallest absolute Gasteiger partial charge is 0.240 e. The Morgan fingerprint density at radius 3 is 2.95 bits per heavy atom. The van der Waals surface area contributed by atoms with Gasteiger partial charge in [-0.05, 0) is 31.1 Å². The SMILES string of the molecule is CC1(CNCc2nc(Cc3ccccc3)no2)CCCS1. The van der Waals surface area contributed by atoms with Gasteiger partial charge < -0.3 is 9.84 Å². The number of hydrogen-bond acceptors (Lipinski definition) is 5. The van der Waals surface area contributed by atoms with E-state index in [0.29, 0.717) is 17.2 Å². The molecule has 1 atom stereocenters. The van der Waals surface area contributed by atoms with E-state index in [0.717, 1.165) is 18.8 Å². The molecule has 1 aromatic heterocycles. The Balaban J connectivity index is 1.49. The van der Waals surface area contributed by atoms with Crippen molar-refractivity contribution in [2.24, 2.45) is 0 Å². The van der Waals surface area contributed by atoms with Crippen molar-refractivity contribution in [3.05, 3.63) is 47.6 Å². The molecule has 0 aliphatic carbocycles. The molecule has 1 N–H and O–H groups in total. The predicted molar refractivity (Wildman–Crippen MR) is 85.3 cm³/mol. The van der Waals surface area contributed by atoms with Gasteiger partial charge in [0.1, 0.15) is 0 Å². The molecule has 1 aromatic carbocycles. The molecule has 4 nitrogen and oxygen atoms in total. The number of rotatable bonds is 6. The quantitative estimate of drug-likeness (QED) is 0.889. The molecule has 3 rings (SSSR count). The van der Waals surface area contributed by atoms with E-state index in [9.17, 15) is 0 Å². The topological polar surface area (TPSA) is 51.0 Å². The molecule has 0 spiro atoms. The first-order chi connectivity index (χ1) is 10.2. The summed E-state index contributed by atoms with van der Waals surface area (Å²) in [6.45, 7) is 3.97. The minimum atomic E-state index is 0.368. The van der Waals surface area contributed by atoms with E-state index in [1.54, 1.807) is 0 Å². The van der Waals surface area contributed by atoms with Crippen LogP contribution >= 0.6 is 11.8 Å². The summed E-state index contributed by atoms with van der Waals surface area (Å²) in [6, 6.07) is 10.2. The van der Waals surface area contributed by atoms with E-state index in [2.05, 4.69) is 46.3 Å². The lowest BCUT2D eigenvalue weighted by molar-refractivity contribution is 0.360. The lowest BCUT2D eigenvalue weighted by Gasteiger charge is -2.22. The van der Waals surface area contributed by atoms with E-state index in [4.69, 9.17) is 4.52 Å². The van der Waals surface area contributed by atoms with Crippen LogP contribution in [0.25, 0.3) is 0 Å². The summed E-state index contributed by atoms with van der Waals surface area (Å²) in [5.41, 5.74) is 1.20. The predicted octanol–water partition coefficient (Wildman–Crippen LogP) is 3.04. The fourth-order valence-corrected chi connectivity index (χ4v) is 3.90. The van der Waals surface area contributed by atoms with Crippen LogP contribution in [0.3, 0.4) is 0 Å². The van der Waals surface area contributed by atoms with Gasteiger partial charge in [-0.25, -0.2) is 0 Å². The van der Waals surface area contributed by atoms with Crippen LogP contribution in [0.5, 0.6) is 0 Å². The summed E-state index contributed by atoms with van der Waals surface area (Å²) in [5.74, 6) is 2.70. The van der Waals surface area contributed by atoms with Gasteiger partial charge in [-0.1, -0.05) is 35.5 Å². The van der Waals surface area contributed by atoms with Crippen LogP contribution in [0.4, 0.5) is 0 Å². The summed E-state index contributed by atoms with van der Waals surface area (Å²) in [7, 11) is 0. The lowest BCUT2D eigenvalue weighted by Crippen LogP contribution is -2.32. The van der Waals surface area contributed by atoms with Crippen LogP contribution in [0.1, 0.15) is 37.0 Å². The fourth-order valence-electron chi connectivity index (χ4n) is 2.62. The molecule has 1 fully saturated rings.